The van der Waals surface area contributed by atoms with Crippen LogP contribution in [0.15, 0.2) is 48.8 Å². The molecule has 47 heavy (non-hydrogen) atoms. The molecule has 1 unspecified atom stereocenters. The van der Waals surface area contributed by atoms with Crippen LogP contribution < -0.4 is 15.5 Å². The molecule has 2 fully saturated rings. The number of anilines is 2. The SMILES string of the molecule is CC(C)(C(=O)Nc1ccc(C#N)c(C(F)(F)F)c1)n1cc(C#CC2CN(c3ccc4c(c3)CN(C3CCC(=O)NC3=O)C4=O)C2)cn1. The topological polar surface area (TPSA) is 140 Å². The number of halogens is 3. The van der Waals surface area contributed by atoms with E-state index in [1.807, 2.05) is 12.1 Å². The van der Waals surface area contributed by atoms with E-state index in [4.69, 9.17) is 5.26 Å². The molecule has 1 aromatic heterocycles. The van der Waals surface area contributed by atoms with Gasteiger partial charge in [-0.2, -0.15) is 23.5 Å². The molecule has 3 aliphatic heterocycles. The summed E-state index contributed by atoms with van der Waals surface area (Å²) in [4.78, 5) is 53.5. The monoisotopic (exact) mass is 643 g/mol. The Morgan fingerprint density at radius 3 is 2.57 bits per heavy atom. The maximum absolute atomic E-state index is 13.3. The third kappa shape index (κ3) is 6.02. The molecule has 6 rings (SSSR count). The summed E-state index contributed by atoms with van der Waals surface area (Å²) < 4.78 is 41.4. The van der Waals surface area contributed by atoms with Gasteiger partial charge in [0.2, 0.25) is 11.8 Å². The van der Waals surface area contributed by atoms with Crippen LogP contribution in [0.2, 0.25) is 0 Å². The molecule has 0 spiro atoms. The van der Waals surface area contributed by atoms with E-state index in [9.17, 15) is 32.3 Å². The van der Waals surface area contributed by atoms with Gasteiger partial charge >= 0.3 is 6.18 Å². The average molecular weight is 644 g/mol. The lowest BCUT2D eigenvalue weighted by Crippen LogP contribution is -2.52. The summed E-state index contributed by atoms with van der Waals surface area (Å²) >= 11 is 0. The Labute approximate surface area is 267 Å². The quantitative estimate of drug-likeness (QED) is 0.321. The first kappa shape index (κ1) is 31.4. The first-order chi connectivity index (χ1) is 22.2. The van der Waals surface area contributed by atoms with Crippen molar-refractivity contribution in [1.29, 1.82) is 5.26 Å². The standard InChI is InChI=1S/C33H28F3N7O4/c1-32(2,31(47)39-23-6-5-21(13-37)26(12-23)33(34,35)36)43-17-19(14-38-43)3-4-20-15-41(16-20)24-7-8-25-22(11-24)18-42(30(25)46)27-9-10-28(44)40-29(27)45/h5-8,11-12,14,17,20,27H,9-10,15-16,18H2,1-2H3,(H,39,47)(H,40,44,45). The predicted octanol–water partition coefficient (Wildman–Crippen LogP) is 3.40. The minimum atomic E-state index is -4.75. The number of nitrogens with one attached hydrogen (secondary N) is 2. The molecule has 14 heteroatoms. The van der Waals surface area contributed by atoms with Crippen molar-refractivity contribution in [2.24, 2.45) is 5.92 Å². The van der Waals surface area contributed by atoms with Crippen molar-refractivity contribution < 1.29 is 32.3 Å². The Kier molecular flexibility index (Phi) is 7.76. The van der Waals surface area contributed by atoms with Crippen molar-refractivity contribution in [3.8, 4) is 17.9 Å². The van der Waals surface area contributed by atoms with Crippen molar-refractivity contribution in [1.82, 2.24) is 20.0 Å². The van der Waals surface area contributed by atoms with Crippen LogP contribution in [0.1, 0.15) is 59.3 Å². The second-order valence-electron chi connectivity index (χ2n) is 12.2. The molecule has 2 aromatic carbocycles. The highest BCUT2D eigenvalue weighted by Gasteiger charge is 2.40. The zero-order chi connectivity index (χ0) is 33.7. The number of benzene rings is 2. The lowest BCUT2D eigenvalue weighted by molar-refractivity contribution is -0.138. The second kappa shape index (κ2) is 11.6. The first-order valence-electron chi connectivity index (χ1n) is 14.8. The van der Waals surface area contributed by atoms with E-state index < -0.39 is 40.7 Å². The highest BCUT2D eigenvalue weighted by atomic mass is 19.4. The normalized spacial score (nSPS) is 18.1. The molecule has 0 bridgehead atoms. The van der Waals surface area contributed by atoms with E-state index in [2.05, 4.69) is 32.5 Å². The van der Waals surface area contributed by atoms with Gasteiger partial charge in [0.1, 0.15) is 11.6 Å². The smallest absolute Gasteiger partial charge is 0.369 e. The number of hydrogen-bond acceptors (Lipinski definition) is 7. The number of imide groups is 1. The summed E-state index contributed by atoms with van der Waals surface area (Å²) in [5, 5.41) is 18.0. The predicted molar refractivity (Wildman–Crippen MR) is 161 cm³/mol. The molecule has 2 saturated heterocycles. The maximum atomic E-state index is 13.3. The Hall–Kier alpha value is -5.63. The van der Waals surface area contributed by atoms with Crippen molar-refractivity contribution >= 4 is 35.0 Å². The number of fused-ring (bicyclic) bond motifs is 1. The lowest BCUT2D eigenvalue weighted by atomic mass is 9.98. The number of nitrogens with zero attached hydrogens (tertiary/aromatic N) is 5. The van der Waals surface area contributed by atoms with E-state index in [-0.39, 0.29) is 29.8 Å². The number of hydrogen-bond donors (Lipinski definition) is 2. The summed E-state index contributed by atoms with van der Waals surface area (Å²) in [5.74, 6) is 4.73. The van der Waals surface area contributed by atoms with E-state index in [1.54, 1.807) is 26.1 Å². The molecule has 11 nitrogen and oxygen atoms in total. The molecule has 2 N–H and O–H groups in total. The molecule has 240 valence electrons. The van der Waals surface area contributed by atoms with Crippen molar-refractivity contribution in [3.05, 3.63) is 76.6 Å². The lowest BCUT2D eigenvalue weighted by Gasteiger charge is -2.38. The minimum absolute atomic E-state index is 0.0590. The highest BCUT2D eigenvalue weighted by Crippen LogP contribution is 2.35. The number of rotatable bonds is 5. The van der Waals surface area contributed by atoms with Crippen LogP contribution in [0, 0.1) is 29.1 Å². The van der Waals surface area contributed by atoms with E-state index in [1.165, 1.54) is 27.9 Å². The van der Waals surface area contributed by atoms with Gasteiger partial charge in [-0.1, -0.05) is 11.8 Å². The van der Waals surface area contributed by atoms with Gasteiger partial charge in [0.05, 0.1) is 34.9 Å². The maximum Gasteiger partial charge on any atom is 0.417 e. The highest BCUT2D eigenvalue weighted by molar-refractivity contribution is 6.05. The van der Waals surface area contributed by atoms with Crippen LogP contribution in [-0.4, -0.2) is 57.4 Å². The Bertz CT molecular complexity index is 1930. The van der Waals surface area contributed by atoms with Crippen LogP contribution in [0.4, 0.5) is 24.5 Å². The molecule has 3 aliphatic rings. The van der Waals surface area contributed by atoms with Crippen LogP contribution in [0.25, 0.3) is 0 Å². The fraction of sp³-hybridized carbons (Fsp3) is 0.333. The fourth-order valence-corrected chi connectivity index (χ4v) is 5.76. The van der Waals surface area contributed by atoms with Gasteiger partial charge in [-0.15, -0.1) is 0 Å². The third-order valence-corrected chi connectivity index (χ3v) is 8.59. The van der Waals surface area contributed by atoms with Gasteiger partial charge in [-0.25, -0.2) is 0 Å². The molecule has 0 aliphatic carbocycles. The zero-order valence-electron chi connectivity index (χ0n) is 25.3. The molecule has 1 atom stereocenters. The van der Waals surface area contributed by atoms with Crippen molar-refractivity contribution in [3.63, 3.8) is 0 Å². The number of carbonyl (C=O) groups is 4. The summed E-state index contributed by atoms with van der Waals surface area (Å²) in [6, 6.07) is 9.40. The number of aromatic nitrogens is 2. The van der Waals surface area contributed by atoms with Crippen LogP contribution in [-0.2, 0) is 32.6 Å². The van der Waals surface area contributed by atoms with Gasteiger partial charge in [-0.3, -0.25) is 29.2 Å². The van der Waals surface area contributed by atoms with Crippen LogP contribution in [0.5, 0.6) is 0 Å². The number of carbonyl (C=O) groups excluding carboxylic acids is 4. The third-order valence-electron chi connectivity index (χ3n) is 8.59. The molecule has 3 aromatic rings. The van der Waals surface area contributed by atoms with Crippen molar-refractivity contribution in [2.45, 2.75) is 51.0 Å². The van der Waals surface area contributed by atoms with Gasteiger partial charge < -0.3 is 15.1 Å². The van der Waals surface area contributed by atoms with Gasteiger partial charge in [0.15, 0.2) is 0 Å². The summed E-state index contributed by atoms with van der Waals surface area (Å²) in [7, 11) is 0. The van der Waals surface area contributed by atoms with Gasteiger partial charge in [0, 0.05) is 49.2 Å². The van der Waals surface area contributed by atoms with Crippen molar-refractivity contribution in [2.75, 3.05) is 23.3 Å². The van der Waals surface area contributed by atoms with Crippen LogP contribution in [0.3, 0.4) is 0 Å². The Balaban J connectivity index is 1.06. The summed E-state index contributed by atoms with van der Waals surface area (Å²) in [6.07, 6.45) is -1.15. The summed E-state index contributed by atoms with van der Waals surface area (Å²) in [6.45, 7) is 4.75. The molecule has 0 saturated carbocycles. The molecular weight excluding hydrogens is 615 g/mol. The van der Waals surface area contributed by atoms with Crippen LogP contribution >= 0.6 is 0 Å². The minimum Gasteiger partial charge on any atom is -0.369 e. The second-order valence-corrected chi connectivity index (χ2v) is 12.2. The average Bonchev–Trinajstić information content (AvgIpc) is 3.61. The van der Waals surface area contributed by atoms with E-state index in [0.29, 0.717) is 37.2 Å². The summed E-state index contributed by atoms with van der Waals surface area (Å²) in [5.41, 5.74) is -0.180. The fourth-order valence-electron chi connectivity index (χ4n) is 5.76. The first-order valence-corrected chi connectivity index (χ1v) is 14.8. The number of amides is 4. The van der Waals surface area contributed by atoms with Gasteiger partial charge in [0.25, 0.3) is 11.8 Å². The van der Waals surface area contributed by atoms with Gasteiger partial charge in [-0.05, 0) is 62.2 Å². The molecular formula is C33H28F3N7O4. The zero-order valence-corrected chi connectivity index (χ0v) is 25.3. The number of alkyl halides is 3. The Morgan fingerprint density at radius 1 is 1.11 bits per heavy atom. The Morgan fingerprint density at radius 2 is 1.87 bits per heavy atom. The molecule has 4 heterocycles. The molecule has 4 amide bonds. The molecule has 0 radical (unpaired) electrons. The largest absolute Gasteiger partial charge is 0.417 e. The van der Waals surface area contributed by atoms with E-state index in [0.717, 1.165) is 23.4 Å². The van der Waals surface area contributed by atoms with E-state index >= 15 is 0 Å². The number of piperidine rings is 1. The number of nitriles is 1.